The summed E-state index contributed by atoms with van der Waals surface area (Å²) in [5, 5.41) is 3.74. The number of ether oxygens (including phenoxy) is 1. The summed E-state index contributed by atoms with van der Waals surface area (Å²) >= 11 is 2.00. The molecule has 0 N–H and O–H groups in total. The number of aryl methyl sites for hydroxylation is 1. The summed E-state index contributed by atoms with van der Waals surface area (Å²) in [5.74, 6) is 1.22. The first-order valence-electron chi connectivity index (χ1n) is 4.35. The van der Waals surface area contributed by atoms with Crippen molar-refractivity contribution in [2.45, 2.75) is 6.92 Å². The summed E-state index contributed by atoms with van der Waals surface area (Å²) in [7, 11) is 1.62. The quantitative estimate of drug-likeness (QED) is 0.799. The predicted molar refractivity (Wildman–Crippen MR) is 63.7 cm³/mol. The largest absolute Gasteiger partial charge is 0.496 e. The smallest absolute Gasteiger partial charge is 0.262 e. The molecule has 0 unspecified atom stereocenters. The predicted octanol–water partition coefficient (Wildman–Crippen LogP) is 2.66. The van der Waals surface area contributed by atoms with Crippen LogP contribution in [0.25, 0.3) is 11.5 Å². The van der Waals surface area contributed by atoms with E-state index in [1.54, 1.807) is 7.11 Å². The molecule has 0 saturated heterocycles. The third-order valence-electron chi connectivity index (χ3n) is 1.99. The van der Waals surface area contributed by atoms with E-state index in [1.807, 2.05) is 47.7 Å². The van der Waals surface area contributed by atoms with Crippen LogP contribution in [0.2, 0.25) is 0 Å². The molecule has 78 valence electrons. The SMILES string of the molecule is COc1ccc(C)cc1-c1nc(I)no1. The average Bonchev–Trinajstić information content (AvgIpc) is 2.65. The van der Waals surface area contributed by atoms with Gasteiger partial charge >= 0.3 is 0 Å². The van der Waals surface area contributed by atoms with Gasteiger partial charge in [-0.15, -0.1) is 0 Å². The molecular weight excluding hydrogens is 307 g/mol. The van der Waals surface area contributed by atoms with Gasteiger partial charge in [-0.1, -0.05) is 16.8 Å². The van der Waals surface area contributed by atoms with Crippen molar-refractivity contribution in [3.63, 3.8) is 0 Å². The summed E-state index contributed by atoms with van der Waals surface area (Å²) in [6.07, 6.45) is 0. The molecule has 1 heterocycles. The van der Waals surface area contributed by atoms with E-state index >= 15 is 0 Å². The fourth-order valence-corrected chi connectivity index (χ4v) is 1.62. The molecule has 4 nitrogen and oxygen atoms in total. The van der Waals surface area contributed by atoms with Gasteiger partial charge in [0.15, 0.2) is 0 Å². The lowest BCUT2D eigenvalue weighted by Gasteiger charge is -2.04. The Morgan fingerprint density at radius 2 is 2.20 bits per heavy atom. The Bertz CT molecular complexity index is 482. The molecular formula is C10H9IN2O2. The van der Waals surface area contributed by atoms with Crippen LogP contribution in [0.5, 0.6) is 5.75 Å². The molecule has 15 heavy (non-hydrogen) atoms. The Hall–Kier alpha value is -1.11. The highest BCUT2D eigenvalue weighted by atomic mass is 127. The van der Waals surface area contributed by atoms with Gasteiger partial charge in [0, 0.05) is 22.6 Å². The molecule has 0 spiro atoms. The van der Waals surface area contributed by atoms with Crippen molar-refractivity contribution in [1.82, 2.24) is 10.1 Å². The minimum atomic E-state index is 0.486. The molecule has 5 heteroatoms. The maximum Gasteiger partial charge on any atom is 0.262 e. The van der Waals surface area contributed by atoms with Gasteiger partial charge in [0.05, 0.1) is 12.7 Å². The zero-order valence-electron chi connectivity index (χ0n) is 8.32. The van der Waals surface area contributed by atoms with Crippen molar-refractivity contribution < 1.29 is 9.26 Å². The van der Waals surface area contributed by atoms with E-state index in [9.17, 15) is 0 Å². The number of rotatable bonds is 2. The minimum Gasteiger partial charge on any atom is -0.496 e. The number of nitrogens with zero attached hydrogens (tertiary/aromatic N) is 2. The normalized spacial score (nSPS) is 10.3. The number of aromatic nitrogens is 2. The summed E-state index contributed by atoms with van der Waals surface area (Å²) in [6, 6.07) is 5.83. The monoisotopic (exact) mass is 316 g/mol. The number of benzene rings is 1. The molecule has 0 fully saturated rings. The second-order valence-corrected chi connectivity index (χ2v) is 4.04. The van der Waals surface area contributed by atoms with E-state index in [-0.39, 0.29) is 0 Å². The van der Waals surface area contributed by atoms with Crippen LogP contribution in [0.3, 0.4) is 0 Å². The standard InChI is InChI=1S/C10H9IN2O2/c1-6-3-4-8(14-2)7(5-6)9-12-10(11)13-15-9/h3-5H,1-2H3. The third kappa shape index (κ3) is 2.11. The van der Waals surface area contributed by atoms with Crippen LogP contribution >= 0.6 is 22.6 Å². The second kappa shape index (κ2) is 4.18. The lowest BCUT2D eigenvalue weighted by atomic mass is 10.1. The highest BCUT2D eigenvalue weighted by molar-refractivity contribution is 14.1. The molecule has 0 aliphatic heterocycles. The summed E-state index contributed by atoms with van der Waals surface area (Å²) in [4.78, 5) is 4.16. The van der Waals surface area contributed by atoms with E-state index < -0.39 is 0 Å². The van der Waals surface area contributed by atoms with Crippen LogP contribution in [0.15, 0.2) is 22.7 Å². The van der Waals surface area contributed by atoms with Crippen LogP contribution < -0.4 is 4.74 Å². The molecule has 2 aromatic rings. The van der Waals surface area contributed by atoms with Crippen molar-refractivity contribution >= 4 is 22.6 Å². The molecule has 1 aromatic carbocycles. The minimum absolute atomic E-state index is 0.486. The fourth-order valence-electron chi connectivity index (χ4n) is 1.30. The molecule has 0 aliphatic carbocycles. The van der Waals surface area contributed by atoms with Crippen LogP contribution in [0.1, 0.15) is 5.56 Å². The van der Waals surface area contributed by atoms with E-state index in [0.29, 0.717) is 9.72 Å². The zero-order chi connectivity index (χ0) is 10.8. The van der Waals surface area contributed by atoms with Crippen molar-refractivity contribution in [1.29, 1.82) is 0 Å². The summed E-state index contributed by atoms with van der Waals surface area (Å²) in [6.45, 7) is 2.00. The molecule has 1 aromatic heterocycles. The van der Waals surface area contributed by atoms with Gasteiger partial charge in [-0.3, -0.25) is 0 Å². The lowest BCUT2D eigenvalue weighted by molar-refractivity contribution is 0.403. The zero-order valence-corrected chi connectivity index (χ0v) is 10.5. The third-order valence-corrected chi connectivity index (χ3v) is 2.42. The van der Waals surface area contributed by atoms with E-state index in [0.717, 1.165) is 16.9 Å². The first-order chi connectivity index (χ1) is 7.20. The molecule has 2 rings (SSSR count). The van der Waals surface area contributed by atoms with Crippen LogP contribution in [0, 0.1) is 10.8 Å². The van der Waals surface area contributed by atoms with Crippen LogP contribution in [-0.4, -0.2) is 17.3 Å². The molecule has 0 atom stereocenters. The van der Waals surface area contributed by atoms with Gasteiger partial charge in [-0.05, 0) is 19.1 Å². The Morgan fingerprint density at radius 3 is 2.80 bits per heavy atom. The van der Waals surface area contributed by atoms with Gasteiger partial charge in [0.1, 0.15) is 5.75 Å². The number of hydrogen-bond donors (Lipinski definition) is 0. The molecule has 0 saturated carbocycles. The van der Waals surface area contributed by atoms with Crippen LogP contribution in [-0.2, 0) is 0 Å². The van der Waals surface area contributed by atoms with Crippen molar-refractivity contribution in [3.8, 4) is 17.2 Å². The van der Waals surface area contributed by atoms with Gasteiger partial charge < -0.3 is 9.26 Å². The van der Waals surface area contributed by atoms with Crippen molar-refractivity contribution in [2.75, 3.05) is 7.11 Å². The number of hydrogen-bond acceptors (Lipinski definition) is 4. The Morgan fingerprint density at radius 1 is 1.40 bits per heavy atom. The highest BCUT2D eigenvalue weighted by Gasteiger charge is 2.12. The van der Waals surface area contributed by atoms with Gasteiger partial charge in [0.25, 0.3) is 5.89 Å². The van der Waals surface area contributed by atoms with E-state index in [1.165, 1.54) is 0 Å². The van der Waals surface area contributed by atoms with Crippen molar-refractivity contribution in [3.05, 3.63) is 27.6 Å². The Balaban J connectivity index is 2.55. The Kier molecular flexibility index (Phi) is 2.90. The summed E-state index contributed by atoms with van der Waals surface area (Å²) in [5.41, 5.74) is 1.95. The van der Waals surface area contributed by atoms with E-state index in [2.05, 4.69) is 10.1 Å². The second-order valence-electron chi connectivity index (χ2n) is 3.07. The topological polar surface area (TPSA) is 48.2 Å². The molecule has 0 amide bonds. The summed E-state index contributed by atoms with van der Waals surface area (Å²) < 4.78 is 10.9. The molecule has 0 bridgehead atoms. The van der Waals surface area contributed by atoms with Gasteiger partial charge in [-0.25, -0.2) is 0 Å². The lowest BCUT2D eigenvalue weighted by Crippen LogP contribution is -1.89. The highest BCUT2D eigenvalue weighted by Crippen LogP contribution is 2.29. The number of methoxy groups -OCH3 is 1. The average molecular weight is 316 g/mol. The Labute approximate surface area is 101 Å². The fraction of sp³-hybridized carbons (Fsp3) is 0.200. The van der Waals surface area contributed by atoms with Gasteiger partial charge in [0.2, 0.25) is 3.83 Å². The maximum absolute atomic E-state index is 5.23. The van der Waals surface area contributed by atoms with Crippen LogP contribution in [0.4, 0.5) is 0 Å². The molecule has 0 aliphatic rings. The first kappa shape index (κ1) is 10.4. The van der Waals surface area contributed by atoms with E-state index in [4.69, 9.17) is 9.26 Å². The molecule has 0 radical (unpaired) electrons. The first-order valence-corrected chi connectivity index (χ1v) is 5.43. The van der Waals surface area contributed by atoms with Crippen molar-refractivity contribution in [2.24, 2.45) is 0 Å². The van der Waals surface area contributed by atoms with Gasteiger partial charge in [-0.2, -0.15) is 4.98 Å². The maximum atomic E-state index is 5.23. The number of halogens is 1.